The number of hydrogen-bond donors (Lipinski definition) is 1. The number of hydrogen-bond acceptors (Lipinski definition) is 2. The smallest absolute Gasteiger partial charge is 0.321 e. The molecule has 1 atom stereocenters. The van der Waals surface area contributed by atoms with Gasteiger partial charge >= 0.3 is 6.03 Å². The zero-order chi connectivity index (χ0) is 14.1. The van der Waals surface area contributed by atoms with Gasteiger partial charge in [0.1, 0.15) is 6.04 Å². The number of benzene rings is 2. The van der Waals surface area contributed by atoms with Crippen molar-refractivity contribution in [3.8, 4) is 0 Å². The fourth-order valence-corrected chi connectivity index (χ4v) is 2.29. The van der Waals surface area contributed by atoms with Crippen molar-refractivity contribution in [1.82, 2.24) is 5.32 Å². The first-order chi connectivity index (χ1) is 9.66. The molecule has 1 aliphatic rings. The van der Waals surface area contributed by atoms with Crippen LogP contribution in [0.5, 0.6) is 0 Å². The highest BCUT2D eigenvalue weighted by molar-refractivity contribution is 6.21. The highest BCUT2D eigenvalue weighted by atomic mass is 16.2. The van der Waals surface area contributed by atoms with Gasteiger partial charge in [-0.2, -0.15) is 0 Å². The maximum Gasteiger partial charge on any atom is 0.329 e. The van der Waals surface area contributed by atoms with E-state index in [0.29, 0.717) is 5.69 Å². The lowest BCUT2D eigenvalue weighted by molar-refractivity contribution is -0.118. The summed E-state index contributed by atoms with van der Waals surface area (Å²) in [6, 6.07) is 15.6. The minimum absolute atomic E-state index is 0.245. The van der Waals surface area contributed by atoms with Crippen LogP contribution in [0.25, 0.3) is 0 Å². The Morgan fingerprint density at radius 2 is 1.60 bits per heavy atom. The molecule has 0 saturated carbocycles. The Kier molecular flexibility index (Phi) is 2.99. The number of nitrogens with zero attached hydrogens (tertiary/aromatic N) is 1. The molecule has 3 rings (SSSR count). The average molecular weight is 266 g/mol. The van der Waals surface area contributed by atoms with Gasteiger partial charge in [-0.15, -0.1) is 0 Å². The molecule has 1 heterocycles. The van der Waals surface area contributed by atoms with Gasteiger partial charge < -0.3 is 5.32 Å². The van der Waals surface area contributed by atoms with Crippen LogP contribution in [0.15, 0.2) is 54.6 Å². The van der Waals surface area contributed by atoms with E-state index in [2.05, 4.69) is 5.32 Å². The molecular formula is C16H14N2O2. The van der Waals surface area contributed by atoms with E-state index in [1.54, 1.807) is 12.1 Å². The Balaban J connectivity index is 1.93. The number of carbonyl (C=O) groups is 2. The summed E-state index contributed by atoms with van der Waals surface area (Å²) in [4.78, 5) is 25.7. The van der Waals surface area contributed by atoms with Crippen molar-refractivity contribution in [2.75, 3.05) is 4.90 Å². The third-order valence-corrected chi connectivity index (χ3v) is 3.36. The summed E-state index contributed by atoms with van der Waals surface area (Å²) >= 11 is 0. The Labute approximate surface area is 117 Å². The second-order valence-corrected chi connectivity index (χ2v) is 4.80. The van der Waals surface area contributed by atoms with Crippen LogP contribution in [0.1, 0.15) is 17.2 Å². The Morgan fingerprint density at radius 1 is 0.950 bits per heavy atom. The summed E-state index contributed by atoms with van der Waals surface area (Å²) in [7, 11) is 0. The van der Waals surface area contributed by atoms with E-state index in [4.69, 9.17) is 0 Å². The number of rotatable bonds is 2. The molecular weight excluding hydrogens is 252 g/mol. The minimum atomic E-state index is -0.606. The highest BCUT2D eigenvalue weighted by Crippen LogP contribution is 2.26. The molecule has 0 aliphatic carbocycles. The van der Waals surface area contributed by atoms with Gasteiger partial charge in [0.25, 0.3) is 5.91 Å². The first kappa shape index (κ1) is 12.4. The molecule has 2 aromatic rings. The van der Waals surface area contributed by atoms with Gasteiger partial charge in [-0.1, -0.05) is 48.0 Å². The molecule has 1 N–H and O–H groups in total. The Bertz CT molecular complexity index is 650. The summed E-state index contributed by atoms with van der Waals surface area (Å²) in [5.41, 5.74) is 2.47. The molecule has 4 heteroatoms. The van der Waals surface area contributed by atoms with Gasteiger partial charge in [-0.05, 0) is 24.6 Å². The molecule has 0 bridgehead atoms. The van der Waals surface area contributed by atoms with E-state index in [0.717, 1.165) is 11.1 Å². The van der Waals surface area contributed by atoms with Crippen molar-refractivity contribution in [3.63, 3.8) is 0 Å². The van der Waals surface area contributed by atoms with Gasteiger partial charge in [0.15, 0.2) is 0 Å². The topological polar surface area (TPSA) is 49.4 Å². The molecule has 0 aromatic heterocycles. The number of urea groups is 1. The van der Waals surface area contributed by atoms with Crippen molar-refractivity contribution < 1.29 is 9.59 Å². The second kappa shape index (κ2) is 4.81. The number of nitrogens with one attached hydrogen (secondary N) is 1. The molecule has 0 spiro atoms. The fraction of sp³-hybridized carbons (Fsp3) is 0.125. The van der Waals surface area contributed by atoms with Crippen molar-refractivity contribution in [1.29, 1.82) is 0 Å². The predicted octanol–water partition coefficient (Wildman–Crippen LogP) is 2.79. The van der Waals surface area contributed by atoms with E-state index < -0.39 is 6.04 Å². The van der Waals surface area contributed by atoms with Crippen LogP contribution in [0.4, 0.5) is 10.5 Å². The number of amides is 3. The van der Waals surface area contributed by atoms with E-state index in [-0.39, 0.29) is 11.9 Å². The first-order valence-corrected chi connectivity index (χ1v) is 6.43. The normalized spacial score (nSPS) is 18.2. The molecule has 4 nitrogen and oxygen atoms in total. The van der Waals surface area contributed by atoms with Crippen LogP contribution in [-0.4, -0.2) is 11.9 Å². The molecule has 20 heavy (non-hydrogen) atoms. The maximum atomic E-state index is 12.4. The Hall–Kier alpha value is -2.62. The fourth-order valence-electron chi connectivity index (χ4n) is 2.29. The largest absolute Gasteiger partial charge is 0.329 e. The van der Waals surface area contributed by atoms with Crippen LogP contribution in [0, 0.1) is 6.92 Å². The number of imide groups is 1. The summed E-state index contributed by atoms with van der Waals surface area (Å²) < 4.78 is 0. The van der Waals surface area contributed by atoms with Gasteiger partial charge in [0.05, 0.1) is 5.69 Å². The van der Waals surface area contributed by atoms with Crippen LogP contribution < -0.4 is 10.2 Å². The van der Waals surface area contributed by atoms with Crippen LogP contribution in [0.3, 0.4) is 0 Å². The van der Waals surface area contributed by atoms with Crippen molar-refractivity contribution in [3.05, 3.63) is 65.7 Å². The summed E-state index contributed by atoms with van der Waals surface area (Å²) in [6.07, 6.45) is 0. The third-order valence-electron chi connectivity index (χ3n) is 3.36. The molecule has 1 unspecified atom stereocenters. The molecule has 2 aromatic carbocycles. The summed E-state index contributed by atoms with van der Waals surface area (Å²) in [6.45, 7) is 1.96. The first-order valence-electron chi connectivity index (χ1n) is 6.43. The van der Waals surface area contributed by atoms with Crippen molar-refractivity contribution in [2.45, 2.75) is 13.0 Å². The molecule has 1 fully saturated rings. The van der Waals surface area contributed by atoms with Crippen LogP contribution in [-0.2, 0) is 4.79 Å². The van der Waals surface area contributed by atoms with Gasteiger partial charge in [-0.3, -0.25) is 4.79 Å². The standard InChI is InChI=1S/C16H14N2O2/c1-11-7-9-13(10-8-11)18-15(19)14(17-16(18)20)12-5-3-2-4-6-12/h2-10,14H,1H3,(H,17,20). The zero-order valence-electron chi connectivity index (χ0n) is 11.0. The van der Waals surface area contributed by atoms with Gasteiger partial charge in [0, 0.05) is 0 Å². The van der Waals surface area contributed by atoms with Gasteiger partial charge in [-0.25, -0.2) is 9.69 Å². The van der Waals surface area contributed by atoms with E-state index in [9.17, 15) is 9.59 Å². The van der Waals surface area contributed by atoms with E-state index in [1.165, 1.54) is 4.90 Å². The molecule has 1 saturated heterocycles. The second-order valence-electron chi connectivity index (χ2n) is 4.80. The lowest BCUT2D eigenvalue weighted by Gasteiger charge is -2.13. The lowest BCUT2D eigenvalue weighted by atomic mass is 10.1. The van der Waals surface area contributed by atoms with Crippen molar-refractivity contribution in [2.24, 2.45) is 0 Å². The van der Waals surface area contributed by atoms with Crippen molar-refractivity contribution >= 4 is 17.6 Å². The minimum Gasteiger partial charge on any atom is -0.321 e. The van der Waals surface area contributed by atoms with Crippen LogP contribution >= 0.6 is 0 Å². The van der Waals surface area contributed by atoms with E-state index in [1.807, 2.05) is 49.4 Å². The number of carbonyl (C=O) groups excluding carboxylic acids is 2. The molecule has 3 amide bonds. The van der Waals surface area contributed by atoms with Crippen LogP contribution in [0.2, 0.25) is 0 Å². The predicted molar refractivity (Wildman–Crippen MR) is 76.4 cm³/mol. The summed E-state index contributed by atoms with van der Waals surface area (Å²) in [5, 5.41) is 2.72. The number of anilines is 1. The highest BCUT2D eigenvalue weighted by Gasteiger charge is 2.39. The zero-order valence-corrected chi connectivity index (χ0v) is 11.0. The maximum absolute atomic E-state index is 12.4. The lowest BCUT2D eigenvalue weighted by Crippen LogP contribution is -2.30. The molecule has 0 radical (unpaired) electrons. The summed E-state index contributed by atoms with van der Waals surface area (Å²) in [5.74, 6) is -0.245. The molecule has 1 aliphatic heterocycles. The number of aryl methyl sites for hydroxylation is 1. The SMILES string of the molecule is Cc1ccc(N2C(=O)NC(c3ccccc3)C2=O)cc1. The molecule has 100 valence electrons. The van der Waals surface area contributed by atoms with E-state index >= 15 is 0 Å². The van der Waals surface area contributed by atoms with Gasteiger partial charge in [0.2, 0.25) is 0 Å². The third kappa shape index (κ3) is 2.05. The average Bonchev–Trinajstić information content (AvgIpc) is 2.76. The Morgan fingerprint density at radius 3 is 2.25 bits per heavy atom. The quantitative estimate of drug-likeness (QED) is 0.850. The monoisotopic (exact) mass is 266 g/mol.